The second-order valence-electron chi connectivity index (χ2n) is 4.24. The minimum absolute atomic E-state index is 0.140. The molecule has 0 amide bonds. The molecule has 3 aromatic rings. The van der Waals surface area contributed by atoms with E-state index in [9.17, 15) is 9.50 Å². The van der Waals surface area contributed by atoms with Gasteiger partial charge in [-0.05, 0) is 30.3 Å². The molecule has 0 aliphatic rings. The molecule has 1 aromatic heterocycles. The quantitative estimate of drug-likeness (QED) is 0.773. The van der Waals surface area contributed by atoms with Crippen LogP contribution in [0, 0.1) is 5.82 Å². The molecule has 3 nitrogen and oxygen atoms in total. The number of benzene rings is 2. The van der Waals surface area contributed by atoms with Crippen molar-refractivity contribution in [3.05, 3.63) is 65.6 Å². The van der Waals surface area contributed by atoms with Crippen LogP contribution >= 0.6 is 11.6 Å². The highest BCUT2D eigenvalue weighted by Crippen LogP contribution is 2.32. The molecule has 0 spiro atoms. The van der Waals surface area contributed by atoms with Crippen LogP contribution in [0.1, 0.15) is 0 Å². The Bertz CT molecular complexity index is 770. The molecule has 0 aliphatic carbocycles. The molecule has 0 saturated heterocycles. The first-order valence-electron chi connectivity index (χ1n) is 5.94. The van der Waals surface area contributed by atoms with Crippen molar-refractivity contribution in [2.45, 2.75) is 0 Å². The van der Waals surface area contributed by atoms with E-state index in [1.165, 1.54) is 12.1 Å². The van der Waals surface area contributed by atoms with Gasteiger partial charge in [-0.3, -0.25) is 0 Å². The van der Waals surface area contributed by atoms with Crippen LogP contribution in [-0.4, -0.2) is 14.9 Å². The van der Waals surface area contributed by atoms with Gasteiger partial charge in [0.05, 0.1) is 22.6 Å². The Hall–Kier alpha value is -2.33. The molecule has 20 heavy (non-hydrogen) atoms. The first-order chi connectivity index (χ1) is 9.66. The van der Waals surface area contributed by atoms with Crippen LogP contribution in [0.3, 0.4) is 0 Å². The van der Waals surface area contributed by atoms with Gasteiger partial charge in [0.2, 0.25) is 0 Å². The summed E-state index contributed by atoms with van der Waals surface area (Å²) in [6.07, 6.45) is 1.60. The highest BCUT2D eigenvalue weighted by atomic mass is 35.5. The van der Waals surface area contributed by atoms with Crippen molar-refractivity contribution >= 4 is 11.6 Å². The lowest BCUT2D eigenvalue weighted by molar-refractivity contribution is 0.470. The average Bonchev–Trinajstić information content (AvgIpc) is 2.88. The molecule has 1 heterocycles. The van der Waals surface area contributed by atoms with E-state index in [-0.39, 0.29) is 5.75 Å². The fourth-order valence-corrected chi connectivity index (χ4v) is 2.26. The predicted octanol–water partition coefficient (Wildman–Crippen LogP) is 4.04. The van der Waals surface area contributed by atoms with Gasteiger partial charge in [-0.15, -0.1) is 0 Å². The smallest absolute Gasteiger partial charge is 0.127 e. The van der Waals surface area contributed by atoms with Crippen LogP contribution in [0.2, 0.25) is 5.02 Å². The normalized spacial score (nSPS) is 10.7. The number of rotatable bonds is 2. The van der Waals surface area contributed by atoms with Crippen LogP contribution in [0.5, 0.6) is 5.75 Å². The van der Waals surface area contributed by atoms with Crippen molar-refractivity contribution in [2.75, 3.05) is 0 Å². The second kappa shape index (κ2) is 4.98. The van der Waals surface area contributed by atoms with Gasteiger partial charge in [-0.1, -0.05) is 23.7 Å². The Morgan fingerprint density at radius 1 is 1.10 bits per heavy atom. The Morgan fingerprint density at radius 3 is 2.65 bits per heavy atom. The van der Waals surface area contributed by atoms with E-state index >= 15 is 0 Å². The monoisotopic (exact) mass is 288 g/mol. The molecular weight excluding hydrogens is 279 g/mol. The summed E-state index contributed by atoms with van der Waals surface area (Å²) in [6, 6.07) is 12.8. The molecule has 0 fully saturated rings. The van der Waals surface area contributed by atoms with Crippen molar-refractivity contribution in [2.24, 2.45) is 0 Å². The summed E-state index contributed by atoms with van der Waals surface area (Å²) >= 11 is 6.16. The fourth-order valence-electron chi connectivity index (χ4n) is 2.04. The third-order valence-corrected chi connectivity index (χ3v) is 3.28. The van der Waals surface area contributed by atoms with E-state index in [4.69, 9.17) is 11.6 Å². The van der Waals surface area contributed by atoms with Gasteiger partial charge in [0.15, 0.2) is 0 Å². The van der Waals surface area contributed by atoms with Crippen molar-refractivity contribution in [3.63, 3.8) is 0 Å². The van der Waals surface area contributed by atoms with Gasteiger partial charge < -0.3 is 5.11 Å². The molecule has 100 valence electrons. The number of phenolic OH excluding ortho intramolecular Hbond substituents is 1. The van der Waals surface area contributed by atoms with Gasteiger partial charge in [0, 0.05) is 11.6 Å². The maximum atomic E-state index is 13.1. The van der Waals surface area contributed by atoms with Crippen LogP contribution in [0.4, 0.5) is 4.39 Å². The highest BCUT2D eigenvalue weighted by Gasteiger charge is 2.13. The number of hydrogen-bond donors (Lipinski definition) is 1. The number of halogens is 2. The number of para-hydroxylation sites is 1. The molecule has 0 atom stereocenters. The van der Waals surface area contributed by atoms with E-state index in [2.05, 4.69) is 5.10 Å². The summed E-state index contributed by atoms with van der Waals surface area (Å²) in [5, 5.41) is 14.6. The summed E-state index contributed by atoms with van der Waals surface area (Å²) in [7, 11) is 0. The van der Waals surface area contributed by atoms with Crippen molar-refractivity contribution < 1.29 is 9.50 Å². The Labute approximate surface area is 119 Å². The number of nitrogens with zero attached hydrogens (tertiary/aromatic N) is 2. The Balaban J connectivity index is 2.18. The van der Waals surface area contributed by atoms with Crippen LogP contribution < -0.4 is 0 Å². The Kier molecular flexibility index (Phi) is 3.16. The lowest BCUT2D eigenvalue weighted by Gasteiger charge is -2.10. The fraction of sp³-hybridized carbons (Fsp3) is 0. The third-order valence-electron chi connectivity index (χ3n) is 2.96. The van der Waals surface area contributed by atoms with Crippen molar-refractivity contribution in [1.29, 1.82) is 0 Å². The van der Waals surface area contributed by atoms with E-state index in [1.807, 2.05) is 18.2 Å². The van der Waals surface area contributed by atoms with Gasteiger partial charge in [0.1, 0.15) is 11.6 Å². The summed E-state index contributed by atoms with van der Waals surface area (Å²) in [4.78, 5) is 0. The number of hydrogen-bond acceptors (Lipinski definition) is 2. The SMILES string of the molecule is Oc1cc(F)ccc1-c1ccnn1-c1ccccc1Cl. The standard InChI is InChI=1S/C15H10ClFN2O/c16-12-3-1-2-4-14(12)19-13(7-8-18-19)11-6-5-10(17)9-15(11)20/h1-9,20H. The molecule has 2 aromatic carbocycles. The molecule has 1 N–H and O–H groups in total. The molecule has 3 rings (SSSR count). The largest absolute Gasteiger partial charge is 0.507 e. The molecule has 0 bridgehead atoms. The zero-order valence-corrected chi connectivity index (χ0v) is 11.0. The van der Waals surface area contributed by atoms with E-state index in [1.54, 1.807) is 23.0 Å². The van der Waals surface area contributed by atoms with Gasteiger partial charge in [-0.2, -0.15) is 5.10 Å². The summed E-state index contributed by atoms with van der Waals surface area (Å²) in [5.74, 6) is -0.631. The summed E-state index contributed by atoms with van der Waals surface area (Å²) in [6.45, 7) is 0. The lowest BCUT2D eigenvalue weighted by atomic mass is 10.1. The Morgan fingerprint density at radius 2 is 1.90 bits per heavy atom. The molecule has 0 radical (unpaired) electrons. The van der Waals surface area contributed by atoms with Crippen molar-refractivity contribution in [3.8, 4) is 22.7 Å². The van der Waals surface area contributed by atoms with E-state index in [0.717, 1.165) is 6.07 Å². The summed E-state index contributed by atoms with van der Waals surface area (Å²) in [5.41, 5.74) is 1.82. The number of aromatic hydroxyl groups is 1. The zero-order chi connectivity index (χ0) is 14.1. The lowest BCUT2D eigenvalue weighted by Crippen LogP contribution is -1.99. The van der Waals surface area contributed by atoms with E-state index < -0.39 is 5.82 Å². The van der Waals surface area contributed by atoms with Crippen LogP contribution in [0.15, 0.2) is 54.7 Å². The second-order valence-corrected chi connectivity index (χ2v) is 4.65. The van der Waals surface area contributed by atoms with Gasteiger partial charge >= 0.3 is 0 Å². The van der Waals surface area contributed by atoms with Crippen LogP contribution in [0.25, 0.3) is 16.9 Å². The highest BCUT2D eigenvalue weighted by molar-refractivity contribution is 6.32. The maximum Gasteiger partial charge on any atom is 0.127 e. The van der Waals surface area contributed by atoms with E-state index in [0.29, 0.717) is 22.0 Å². The minimum atomic E-state index is -0.491. The molecular formula is C15H10ClFN2O. The molecule has 5 heteroatoms. The van der Waals surface area contributed by atoms with Gasteiger partial charge in [0.25, 0.3) is 0 Å². The average molecular weight is 289 g/mol. The number of phenols is 1. The first kappa shape index (κ1) is 12.7. The number of aromatic nitrogens is 2. The predicted molar refractivity (Wildman–Crippen MR) is 75.6 cm³/mol. The minimum Gasteiger partial charge on any atom is -0.507 e. The van der Waals surface area contributed by atoms with Crippen molar-refractivity contribution in [1.82, 2.24) is 9.78 Å². The molecule has 0 saturated carbocycles. The molecule has 0 aliphatic heterocycles. The van der Waals surface area contributed by atoms with Crippen LogP contribution in [-0.2, 0) is 0 Å². The van der Waals surface area contributed by atoms with Gasteiger partial charge in [-0.25, -0.2) is 9.07 Å². The zero-order valence-electron chi connectivity index (χ0n) is 10.3. The maximum absolute atomic E-state index is 13.1. The topological polar surface area (TPSA) is 38.1 Å². The summed E-state index contributed by atoms with van der Waals surface area (Å²) < 4.78 is 14.7. The molecule has 0 unspecified atom stereocenters. The third kappa shape index (κ3) is 2.14. The first-order valence-corrected chi connectivity index (χ1v) is 6.32.